The Hall–Kier alpha value is -0.620. The van der Waals surface area contributed by atoms with E-state index in [4.69, 9.17) is 5.73 Å². The van der Waals surface area contributed by atoms with Gasteiger partial charge in [-0.3, -0.25) is 4.79 Å². The Kier molecular flexibility index (Phi) is 5.96. The van der Waals surface area contributed by atoms with Gasteiger partial charge in [0.15, 0.2) is 9.84 Å². The zero-order valence-electron chi connectivity index (χ0n) is 10.2. The van der Waals surface area contributed by atoms with E-state index in [9.17, 15) is 13.2 Å². The van der Waals surface area contributed by atoms with Crippen molar-refractivity contribution in [3.8, 4) is 0 Å². The fourth-order valence-corrected chi connectivity index (χ4v) is 1.72. The molecule has 0 radical (unpaired) electrons. The number of nitrogens with two attached hydrogens (primary N) is 1. The van der Waals surface area contributed by atoms with Gasteiger partial charge in [0.1, 0.15) is 0 Å². The summed E-state index contributed by atoms with van der Waals surface area (Å²) in [5.74, 6) is -0.0372. The van der Waals surface area contributed by atoms with Gasteiger partial charge in [-0.2, -0.15) is 0 Å². The lowest BCUT2D eigenvalue weighted by Gasteiger charge is -2.17. The van der Waals surface area contributed by atoms with E-state index < -0.39 is 9.84 Å². The summed E-state index contributed by atoms with van der Waals surface area (Å²) in [5.41, 5.74) is 5.36. The van der Waals surface area contributed by atoms with Crippen molar-refractivity contribution in [1.82, 2.24) is 5.32 Å². The number of carbonyl (C=O) groups is 1. The molecular formula is C10H22N2O3S. The summed E-state index contributed by atoms with van der Waals surface area (Å²) in [5, 5.41) is 2.57. The summed E-state index contributed by atoms with van der Waals surface area (Å²) < 4.78 is 22.3. The molecule has 16 heavy (non-hydrogen) atoms. The van der Waals surface area contributed by atoms with Gasteiger partial charge >= 0.3 is 0 Å². The monoisotopic (exact) mass is 250 g/mol. The van der Waals surface area contributed by atoms with Crippen molar-refractivity contribution in [1.29, 1.82) is 0 Å². The minimum Gasteiger partial charge on any atom is -0.355 e. The van der Waals surface area contributed by atoms with Gasteiger partial charge in [0.25, 0.3) is 0 Å². The third-order valence-electron chi connectivity index (χ3n) is 2.17. The Bertz CT molecular complexity index is 317. The predicted octanol–water partition coefficient (Wildman–Crippen LogP) is 0.0548. The van der Waals surface area contributed by atoms with E-state index in [1.165, 1.54) is 0 Å². The van der Waals surface area contributed by atoms with Crippen LogP contribution < -0.4 is 11.1 Å². The molecule has 0 aliphatic rings. The van der Waals surface area contributed by atoms with E-state index in [1.807, 2.05) is 13.8 Å². The van der Waals surface area contributed by atoms with Crippen LogP contribution in [0.5, 0.6) is 0 Å². The Labute approximate surface area is 97.7 Å². The van der Waals surface area contributed by atoms with Gasteiger partial charge in [0.2, 0.25) is 5.91 Å². The molecule has 0 saturated heterocycles. The molecule has 0 heterocycles. The molecule has 96 valence electrons. The minimum atomic E-state index is -3.00. The van der Waals surface area contributed by atoms with E-state index >= 15 is 0 Å². The number of sulfone groups is 1. The molecular weight excluding hydrogens is 228 g/mol. The van der Waals surface area contributed by atoms with Gasteiger partial charge in [-0.25, -0.2) is 8.42 Å². The summed E-state index contributed by atoms with van der Waals surface area (Å²) in [6, 6.07) is 0. The lowest BCUT2D eigenvalue weighted by Crippen LogP contribution is -2.35. The summed E-state index contributed by atoms with van der Waals surface area (Å²) in [4.78, 5) is 11.3. The number of rotatable bonds is 7. The molecule has 0 aliphatic heterocycles. The number of nitrogens with one attached hydrogen (secondary N) is 1. The SMILES string of the molecule is CCS(=O)(=O)CCNC(=O)CCC(C)(C)N. The standard InChI is InChI=1S/C10H22N2O3S/c1-4-16(14,15)8-7-12-9(13)5-6-10(2,3)11/h4-8,11H2,1-3H3,(H,12,13). The van der Waals surface area contributed by atoms with E-state index in [-0.39, 0.29) is 29.5 Å². The van der Waals surface area contributed by atoms with Crippen molar-refractivity contribution in [2.24, 2.45) is 5.73 Å². The Balaban J connectivity index is 3.76. The average Bonchev–Trinajstić information content (AvgIpc) is 2.13. The minimum absolute atomic E-state index is 0.00125. The maximum absolute atomic E-state index is 11.3. The van der Waals surface area contributed by atoms with Gasteiger partial charge in [-0.15, -0.1) is 0 Å². The molecule has 0 unspecified atom stereocenters. The van der Waals surface area contributed by atoms with Crippen LogP contribution in [0.4, 0.5) is 0 Å². The predicted molar refractivity (Wildman–Crippen MR) is 64.8 cm³/mol. The Morgan fingerprint density at radius 1 is 1.38 bits per heavy atom. The molecule has 0 atom stereocenters. The highest BCUT2D eigenvalue weighted by Crippen LogP contribution is 2.06. The average molecular weight is 250 g/mol. The van der Waals surface area contributed by atoms with E-state index in [0.29, 0.717) is 12.8 Å². The van der Waals surface area contributed by atoms with Crippen molar-refractivity contribution in [3.05, 3.63) is 0 Å². The summed E-state index contributed by atoms with van der Waals surface area (Å²) in [6.45, 7) is 5.47. The maximum atomic E-state index is 11.3. The number of hydrogen-bond donors (Lipinski definition) is 2. The van der Waals surface area contributed by atoms with Crippen LogP contribution in [0.1, 0.15) is 33.6 Å². The summed E-state index contributed by atoms with van der Waals surface area (Å²) in [6.07, 6.45) is 0.912. The summed E-state index contributed by atoms with van der Waals surface area (Å²) in [7, 11) is -3.00. The molecule has 0 spiro atoms. The first-order chi connectivity index (χ1) is 7.16. The molecule has 3 N–H and O–H groups in total. The number of amides is 1. The van der Waals surface area contributed by atoms with Crippen LogP contribution in [0.3, 0.4) is 0 Å². The van der Waals surface area contributed by atoms with E-state index in [2.05, 4.69) is 5.32 Å². The Morgan fingerprint density at radius 2 is 1.94 bits per heavy atom. The lowest BCUT2D eigenvalue weighted by atomic mass is 10.00. The van der Waals surface area contributed by atoms with Crippen LogP contribution >= 0.6 is 0 Å². The van der Waals surface area contributed by atoms with E-state index in [1.54, 1.807) is 6.92 Å². The topological polar surface area (TPSA) is 89.3 Å². The normalized spacial score (nSPS) is 12.5. The number of hydrogen-bond acceptors (Lipinski definition) is 4. The molecule has 0 aromatic carbocycles. The molecule has 0 aromatic heterocycles. The van der Waals surface area contributed by atoms with Gasteiger partial charge in [-0.05, 0) is 20.3 Å². The molecule has 0 rings (SSSR count). The first-order valence-corrected chi connectivity index (χ1v) is 7.24. The third-order valence-corrected chi connectivity index (χ3v) is 3.88. The van der Waals surface area contributed by atoms with Gasteiger partial charge in [-0.1, -0.05) is 6.92 Å². The van der Waals surface area contributed by atoms with Gasteiger partial charge < -0.3 is 11.1 Å². The fraction of sp³-hybridized carbons (Fsp3) is 0.900. The van der Waals surface area contributed by atoms with Crippen LogP contribution in [0, 0.1) is 0 Å². The first-order valence-electron chi connectivity index (χ1n) is 5.42. The lowest BCUT2D eigenvalue weighted by molar-refractivity contribution is -0.121. The zero-order valence-corrected chi connectivity index (χ0v) is 11.1. The first kappa shape index (κ1) is 15.4. The Morgan fingerprint density at radius 3 is 2.38 bits per heavy atom. The molecule has 5 nitrogen and oxygen atoms in total. The highest BCUT2D eigenvalue weighted by Gasteiger charge is 2.13. The second-order valence-corrected chi connectivity index (χ2v) is 7.05. The molecule has 0 aromatic rings. The maximum Gasteiger partial charge on any atom is 0.220 e. The third kappa shape index (κ3) is 8.67. The highest BCUT2D eigenvalue weighted by atomic mass is 32.2. The molecule has 0 aliphatic carbocycles. The largest absolute Gasteiger partial charge is 0.355 e. The van der Waals surface area contributed by atoms with Crippen molar-refractivity contribution >= 4 is 15.7 Å². The molecule has 6 heteroatoms. The zero-order chi connectivity index (χ0) is 12.8. The van der Waals surface area contributed by atoms with Crippen molar-refractivity contribution in [2.45, 2.75) is 39.2 Å². The van der Waals surface area contributed by atoms with Crippen LogP contribution in [0.2, 0.25) is 0 Å². The van der Waals surface area contributed by atoms with Crippen LogP contribution in [-0.2, 0) is 14.6 Å². The van der Waals surface area contributed by atoms with Crippen LogP contribution in [0.15, 0.2) is 0 Å². The van der Waals surface area contributed by atoms with Crippen molar-refractivity contribution < 1.29 is 13.2 Å². The van der Waals surface area contributed by atoms with Crippen LogP contribution in [0.25, 0.3) is 0 Å². The van der Waals surface area contributed by atoms with Crippen molar-refractivity contribution in [2.75, 3.05) is 18.1 Å². The smallest absolute Gasteiger partial charge is 0.220 e. The molecule has 1 amide bonds. The molecule has 0 saturated carbocycles. The highest BCUT2D eigenvalue weighted by molar-refractivity contribution is 7.91. The molecule has 0 fully saturated rings. The fourth-order valence-electron chi connectivity index (χ4n) is 1.01. The van der Waals surface area contributed by atoms with Crippen LogP contribution in [-0.4, -0.2) is 37.9 Å². The van der Waals surface area contributed by atoms with Gasteiger partial charge in [0, 0.05) is 24.3 Å². The van der Waals surface area contributed by atoms with E-state index in [0.717, 1.165) is 0 Å². The summed E-state index contributed by atoms with van der Waals surface area (Å²) >= 11 is 0. The number of carbonyl (C=O) groups excluding carboxylic acids is 1. The quantitative estimate of drug-likeness (QED) is 0.668. The van der Waals surface area contributed by atoms with Gasteiger partial charge in [0.05, 0.1) is 5.75 Å². The second-order valence-electron chi connectivity index (χ2n) is 4.57. The van der Waals surface area contributed by atoms with Crippen molar-refractivity contribution in [3.63, 3.8) is 0 Å². The second kappa shape index (κ2) is 6.20. The molecule has 0 bridgehead atoms.